The van der Waals surface area contributed by atoms with Crippen molar-refractivity contribution >= 4 is 10.0 Å². The van der Waals surface area contributed by atoms with Gasteiger partial charge in [-0.05, 0) is 51.7 Å². The molecule has 2 fully saturated rings. The Bertz CT molecular complexity index is 694. The maximum atomic E-state index is 13.7. The molecule has 1 aromatic rings. The molecule has 146 valence electrons. The number of halogens is 1. The van der Waals surface area contributed by atoms with Gasteiger partial charge in [0.1, 0.15) is 6.10 Å². The Labute approximate surface area is 156 Å². The van der Waals surface area contributed by atoms with Crippen molar-refractivity contribution in [1.82, 2.24) is 9.21 Å². The molecule has 0 spiro atoms. The molecule has 0 N–H and O–H groups in total. The highest BCUT2D eigenvalue weighted by Gasteiger charge is 2.33. The van der Waals surface area contributed by atoms with E-state index in [9.17, 15) is 12.8 Å². The summed E-state index contributed by atoms with van der Waals surface area (Å²) in [6.07, 6.45) is 3.55. The van der Waals surface area contributed by atoms with Gasteiger partial charge in [0.25, 0.3) is 0 Å². The van der Waals surface area contributed by atoms with Crippen LogP contribution in [0, 0.1) is 5.82 Å². The van der Waals surface area contributed by atoms with Crippen LogP contribution in [0.2, 0.25) is 0 Å². The van der Waals surface area contributed by atoms with Gasteiger partial charge >= 0.3 is 0 Å². The maximum Gasteiger partial charge on any atom is 0.216 e. The number of piperidine rings is 2. The second-order valence-corrected chi connectivity index (χ2v) is 10.00. The molecule has 3 rings (SSSR count). The van der Waals surface area contributed by atoms with Crippen molar-refractivity contribution in [3.05, 3.63) is 30.1 Å². The molecule has 0 aliphatic carbocycles. The van der Waals surface area contributed by atoms with Crippen LogP contribution in [0.3, 0.4) is 0 Å². The lowest BCUT2D eigenvalue weighted by Crippen LogP contribution is -2.51. The van der Waals surface area contributed by atoms with Crippen LogP contribution < -0.4 is 4.74 Å². The SMILES string of the molecule is CC(C)S(=O)(=O)N1CCC(N2CCC(Oc3ccccc3F)CC2)CC1. The molecule has 2 saturated heterocycles. The summed E-state index contributed by atoms with van der Waals surface area (Å²) in [4.78, 5) is 2.44. The fourth-order valence-corrected chi connectivity index (χ4v) is 5.15. The Hall–Kier alpha value is -1.18. The van der Waals surface area contributed by atoms with Crippen LogP contribution in [-0.4, -0.2) is 61.2 Å². The zero-order valence-electron chi connectivity index (χ0n) is 15.6. The fraction of sp³-hybridized carbons (Fsp3) is 0.684. The molecule has 0 unspecified atom stereocenters. The third kappa shape index (κ3) is 4.38. The van der Waals surface area contributed by atoms with Gasteiger partial charge in [-0.2, -0.15) is 0 Å². The summed E-state index contributed by atoms with van der Waals surface area (Å²) < 4.78 is 45.7. The van der Waals surface area contributed by atoms with Gasteiger partial charge in [0, 0.05) is 32.2 Å². The monoisotopic (exact) mass is 384 g/mol. The molecule has 0 saturated carbocycles. The smallest absolute Gasteiger partial charge is 0.216 e. The third-order valence-electron chi connectivity index (χ3n) is 5.50. The molecule has 2 aliphatic heterocycles. The molecule has 0 aromatic heterocycles. The van der Waals surface area contributed by atoms with E-state index in [4.69, 9.17) is 4.74 Å². The second-order valence-electron chi connectivity index (χ2n) is 7.51. The largest absolute Gasteiger partial charge is 0.487 e. The lowest BCUT2D eigenvalue weighted by atomic mass is 10.00. The number of likely N-dealkylation sites (tertiary alicyclic amines) is 1. The fourth-order valence-electron chi connectivity index (χ4n) is 3.84. The van der Waals surface area contributed by atoms with E-state index < -0.39 is 10.0 Å². The molecular formula is C19H29FN2O3S. The Morgan fingerprint density at radius 3 is 2.23 bits per heavy atom. The minimum absolute atomic E-state index is 0.0459. The molecule has 2 aliphatic rings. The minimum atomic E-state index is -3.14. The molecule has 0 bridgehead atoms. The summed E-state index contributed by atoms with van der Waals surface area (Å²) >= 11 is 0. The summed E-state index contributed by atoms with van der Waals surface area (Å²) in [5.74, 6) is 0.0202. The van der Waals surface area contributed by atoms with E-state index in [0.29, 0.717) is 24.9 Å². The first-order valence-corrected chi connectivity index (χ1v) is 11.0. The molecule has 7 heteroatoms. The Morgan fingerprint density at radius 1 is 1.04 bits per heavy atom. The van der Waals surface area contributed by atoms with Gasteiger partial charge in [-0.3, -0.25) is 0 Å². The maximum absolute atomic E-state index is 13.7. The molecular weight excluding hydrogens is 355 g/mol. The van der Waals surface area contributed by atoms with Crippen LogP contribution in [0.5, 0.6) is 5.75 Å². The average Bonchev–Trinajstić information content (AvgIpc) is 2.64. The number of hydrogen-bond donors (Lipinski definition) is 0. The normalized spacial score (nSPS) is 22.0. The van der Waals surface area contributed by atoms with Crippen molar-refractivity contribution in [2.75, 3.05) is 26.2 Å². The third-order valence-corrected chi connectivity index (χ3v) is 7.78. The van der Waals surface area contributed by atoms with Gasteiger partial charge in [-0.1, -0.05) is 12.1 Å². The number of para-hydroxylation sites is 1. The Balaban J connectivity index is 1.47. The molecule has 26 heavy (non-hydrogen) atoms. The Morgan fingerprint density at radius 2 is 1.65 bits per heavy atom. The average molecular weight is 385 g/mol. The number of nitrogens with zero attached hydrogens (tertiary/aromatic N) is 2. The number of rotatable bonds is 5. The van der Waals surface area contributed by atoms with Crippen molar-refractivity contribution < 1.29 is 17.5 Å². The van der Waals surface area contributed by atoms with Gasteiger partial charge < -0.3 is 9.64 Å². The first kappa shape index (κ1) is 19.6. The van der Waals surface area contributed by atoms with Gasteiger partial charge in [0.05, 0.1) is 5.25 Å². The van der Waals surface area contributed by atoms with Crippen molar-refractivity contribution in [3.63, 3.8) is 0 Å². The lowest BCUT2D eigenvalue weighted by molar-refractivity contribution is 0.0567. The van der Waals surface area contributed by atoms with E-state index in [1.54, 1.807) is 36.4 Å². The van der Waals surface area contributed by atoms with E-state index in [2.05, 4.69) is 4.90 Å². The molecule has 0 radical (unpaired) electrons. The van der Waals surface area contributed by atoms with Gasteiger partial charge in [-0.25, -0.2) is 17.1 Å². The summed E-state index contributed by atoms with van der Waals surface area (Å²) in [7, 11) is -3.14. The van der Waals surface area contributed by atoms with Crippen molar-refractivity contribution in [1.29, 1.82) is 0 Å². The lowest BCUT2D eigenvalue weighted by Gasteiger charge is -2.41. The van der Waals surface area contributed by atoms with Crippen molar-refractivity contribution in [3.8, 4) is 5.75 Å². The van der Waals surface area contributed by atoms with Crippen LogP contribution in [0.15, 0.2) is 24.3 Å². The first-order valence-electron chi connectivity index (χ1n) is 9.52. The van der Waals surface area contributed by atoms with E-state index in [1.165, 1.54) is 6.07 Å². The zero-order valence-corrected chi connectivity index (χ0v) is 16.4. The van der Waals surface area contributed by atoms with Crippen molar-refractivity contribution in [2.45, 2.75) is 56.9 Å². The van der Waals surface area contributed by atoms with Gasteiger partial charge in [0.2, 0.25) is 10.0 Å². The first-order chi connectivity index (χ1) is 12.4. The number of ether oxygens (including phenoxy) is 1. The predicted molar refractivity (Wildman–Crippen MR) is 100 cm³/mol. The van der Waals surface area contributed by atoms with Crippen LogP contribution in [0.25, 0.3) is 0 Å². The number of benzene rings is 1. The number of sulfonamides is 1. The second kappa shape index (κ2) is 8.23. The van der Waals surface area contributed by atoms with Crippen LogP contribution in [-0.2, 0) is 10.0 Å². The predicted octanol–water partition coefficient (Wildman–Crippen LogP) is 2.87. The summed E-state index contributed by atoms with van der Waals surface area (Å²) in [5.41, 5.74) is 0. The molecule has 0 atom stereocenters. The van der Waals surface area contributed by atoms with Crippen LogP contribution in [0.1, 0.15) is 39.5 Å². The van der Waals surface area contributed by atoms with E-state index >= 15 is 0 Å². The van der Waals surface area contributed by atoms with Crippen LogP contribution in [0.4, 0.5) is 4.39 Å². The van der Waals surface area contributed by atoms with Crippen molar-refractivity contribution in [2.24, 2.45) is 0 Å². The molecule has 0 amide bonds. The quantitative estimate of drug-likeness (QED) is 0.783. The highest BCUT2D eigenvalue weighted by atomic mass is 32.2. The molecule has 1 aromatic carbocycles. The highest BCUT2D eigenvalue weighted by molar-refractivity contribution is 7.89. The summed E-state index contributed by atoms with van der Waals surface area (Å²) in [6.45, 7) is 6.53. The van der Waals surface area contributed by atoms with E-state index in [0.717, 1.165) is 38.8 Å². The minimum Gasteiger partial charge on any atom is -0.487 e. The highest BCUT2D eigenvalue weighted by Crippen LogP contribution is 2.26. The van der Waals surface area contributed by atoms with E-state index in [1.807, 2.05) is 0 Å². The topological polar surface area (TPSA) is 49.9 Å². The zero-order chi connectivity index (χ0) is 18.7. The summed E-state index contributed by atoms with van der Waals surface area (Å²) in [5, 5.41) is -0.356. The van der Waals surface area contributed by atoms with E-state index in [-0.39, 0.29) is 17.2 Å². The van der Waals surface area contributed by atoms with Gasteiger partial charge in [0.15, 0.2) is 11.6 Å². The number of hydrogen-bond acceptors (Lipinski definition) is 4. The standard InChI is InChI=1S/C19H29FN2O3S/c1-15(2)26(23,24)22-13-7-16(8-14-22)21-11-9-17(10-12-21)25-19-6-4-3-5-18(19)20/h3-6,15-17H,7-14H2,1-2H3. The summed E-state index contributed by atoms with van der Waals surface area (Å²) in [6, 6.07) is 6.97. The van der Waals surface area contributed by atoms with Crippen LogP contribution >= 0.6 is 0 Å². The van der Waals surface area contributed by atoms with Gasteiger partial charge in [-0.15, -0.1) is 0 Å². The molecule has 2 heterocycles. The molecule has 5 nitrogen and oxygen atoms in total. The Kier molecular flexibility index (Phi) is 6.20.